The molecule has 0 radical (unpaired) electrons. The third kappa shape index (κ3) is 3.70. The summed E-state index contributed by atoms with van der Waals surface area (Å²) in [4.78, 5) is 25.0. The van der Waals surface area contributed by atoms with Gasteiger partial charge in [0.1, 0.15) is 10.8 Å². The van der Waals surface area contributed by atoms with Crippen LogP contribution < -0.4 is 10.6 Å². The van der Waals surface area contributed by atoms with Gasteiger partial charge in [0.25, 0.3) is 5.91 Å². The van der Waals surface area contributed by atoms with Crippen LogP contribution in [0.3, 0.4) is 0 Å². The van der Waals surface area contributed by atoms with Gasteiger partial charge < -0.3 is 10.6 Å². The number of nitrogens with zero attached hydrogens (tertiary/aromatic N) is 3. The Morgan fingerprint density at radius 3 is 2.96 bits per heavy atom. The summed E-state index contributed by atoms with van der Waals surface area (Å²) in [5, 5.41) is 6.61. The summed E-state index contributed by atoms with van der Waals surface area (Å²) >= 11 is 1.36. The SMILES string of the molecule is CCc1cccc(NC(=O)c2ncsc2Nc2cccnc2)n1. The molecule has 0 bridgehead atoms. The average Bonchev–Trinajstić information content (AvgIpc) is 3.04. The van der Waals surface area contributed by atoms with Gasteiger partial charge >= 0.3 is 0 Å². The summed E-state index contributed by atoms with van der Waals surface area (Å²) in [5.41, 5.74) is 3.69. The number of anilines is 3. The van der Waals surface area contributed by atoms with Crippen LogP contribution in [0.4, 0.5) is 16.5 Å². The highest BCUT2D eigenvalue weighted by Gasteiger charge is 2.16. The van der Waals surface area contributed by atoms with Gasteiger partial charge in [0.2, 0.25) is 0 Å². The number of hydrogen-bond acceptors (Lipinski definition) is 6. The number of nitrogens with one attached hydrogen (secondary N) is 2. The first-order chi connectivity index (χ1) is 11.3. The maximum atomic E-state index is 12.4. The Hall–Kier alpha value is -2.80. The van der Waals surface area contributed by atoms with Crippen molar-refractivity contribution in [3.05, 3.63) is 59.6 Å². The van der Waals surface area contributed by atoms with Crippen LogP contribution in [-0.4, -0.2) is 20.9 Å². The van der Waals surface area contributed by atoms with Crippen molar-refractivity contribution in [2.24, 2.45) is 0 Å². The standard InChI is InChI=1S/C16H15N5OS/c1-2-11-5-3-7-13(19-11)21-15(22)14-16(23-10-18-14)20-12-6-4-8-17-9-12/h3-10,20H,2H2,1H3,(H,19,21,22). The minimum Gasteiger partial charge on any atom is -0.344 e. The monoisotopic (exact) mass is 325 g/mol. The fourth-order valence-corrected chi connectivity index (χ4v) is 2.68. The number of rotatable bonds is 5. The maximum absolute atomic E-state index is 12.4. The van der Waals surface area contributed by atoms with Gasteiger partial charge in [-0.3, -0.25) is 9.78 Å². The van der Waals surface area contributed by atoms with E-state index in [0.29, 0.717) is 16.5 Å². The molecule has 6 nitrogen and oxygen atoms in total. The van der Waals surface area contributed by atoms with Gasteiger partial charge in [0.05, 0.1) is 17.4 Å². The molecule has 0 fully saturated rings. The molecule has 0 aliphatic rings. The minimum absolute atomic E-state index is 0.293. The van der Waals surface area contributed by atoms with Crippen LogP contribution in [0.15, 0.2) is 48.2 Å². The molecule has 3 rings (SSSR count). The lowest BCUT2D eigenvalue weighted by atomic mass is 10.3. The van der Waals surface area contributed by atoms with Gasteiger partial charge in [-0.25, -0.2) is 9.97 Å². The Labute approximate surface area is 137 Å². The van der Waals surface area contributed by atoms with E-state index >= 15 is 0 Å². The quantitative estimate of drug-likeness (QED) is 0.750. The van der Waals surface area contributed by atoms with E-state index in [1.165, 1.54) is 11.3 Å². The zero-order valence-electron chi connectivity index (χ0n) is 12.5. The number of carbonyl (C=O) groups is 1. The Bertz CT molecular complexity index is 803. The fourth-order valence-electron chi connectivity index (χ4n) is 1.99. The number of aromatic nitrogens is 3. The van der Waals surface area contributed by atoms with Crippen LogP contribution in [0.1, 0.15) is 23.1 Å². The molecule has 1 amide bonds. The van der Waals surface area contributed by atoms with Crippen LogP contribution in [0.2, 0.25) is 0 Å². The molecule has 0 spiro atoms. The average molecular weight is 325 g/mol. The van der Waals surface area contributed by atoms with E-state index in [2.05, 4.69) is 25.6 Å². The Morgan fingerprint density at radius 1 is 1.26 bits per heavy atom. The Balaban J connectivity index is 1.76. The summed E-state index contributed by atoms with van der Waals surface area (Å²) in [6.07, 6.45) is 4.19. The van der Waals surface area contributed by atoms with Crippen molar-refractivity contribution in [2.45, 2.75) is 13.3 Å². The predicted molar refractivity (Wildman–Crippen MR) is 91.2 cm³/mol. The molecule has 3 heterocycles. The third-order valence-corrected chi connectivity index (χ3v) is 3.85. The van der Waals surface area contributed by atoms with Gasteiger partial charge in [-0.05, 0) is 30.7 Å². The number of carbonyl (C=O) groups excluding carboxylic acids is 1. The highest BCUT2D eigenvalue weighted by atomic mass is 32.1. The topological polar surface area (TPSA) is 79.8 Å². The molecule has 0 saturated carbocycles. The number of aryl methyl sites for hydroxylation is 1. The van der Waals surface area contributed by atoms with E-state index in [0.717, 1.165) is 17.8 Å². The van der Waals surface area contributed by atoms with Gasteiger partial charge in [-0.15, -0.1) is 11.3 Å². The number of hydrogen-bond donors (Lipinski definition) is 2. The molecular weight excluding hydrogens is 310 g/mol. The lowest BCUT2D eigenvalue weighted by Gasteiger charge is -2.07. The molecular formula is C16H15N5OS. The second-order valence-electron chi connectivity index (χ2n) is 4.72. The molecule has 0 aliphatic carbocycles. The van der Waals surface area contributed by atoms with E-state index in [1.807, 2.05) is 31.2 Å². The van der Waals surface area contributed by atoms with Crippen LogP contribution in [0, 0.1) is 0 Å². The highest BCUT2D eigenvalue weighted by Crippen LogP contribution is 2.25. The van der Waals surface area contributed by atoms with Gasteiger partial charge in [0.15, 0.2) is 5.69 Å². The summed E-state index contributed by atoms with van der Waals surface area (Å²) in [6, 6.07) is 9.26. The molecule has 7 heteroatoms. The summed E-state index contributed by atoms with van der Waals surface area (Å²) in [7, 11) is 0. The molecule has 116 valence electrons. The lowest BCUT2D eigenvalue weighted by Crippen LogP contribution is -2.15. The summed E-state index contributed by atoms with van der Waals surface area (Å²) in [5.74, 6) is 0.230. The Morgan fingerprint density at radius 2 is 2.17 bits per heavy atom. The van der Waals surface area contributed by atoms with Crippen molar-refractivity contribution >= 4 is 33.8 Å². The van der Waals surface area contributed by atoms with Crippen LogP contribution >= 0.6 is 11.3 Å². The van der Waals surface area contributed by atoms with Crippen LogP contribution in [0.5, 0.6) is 0 Å². The molecule has 3 aromatic rings. The van der Waals surface area contributed by atoms with E-state index in [-0.39, 0.29) is 5.91 Å². The van der Waals surface area contributed by atoms with Crippen molar-refractivity contribution in [3.63, 3.8) is 0 Å². The first-order valence-electron chi connectivity index (χ1n) is 7.14. The largest absolute Gasteiger partial charge is 0.344 e. The molecule has 0 aromatic carbocycles. The van der Waals surface area contributed by atoms with Gasteiger partial charge in [-0.1, -0.05) is 13.0 Å². The summed E-state index contributed by atoms with van der Waals surface area (Å²) < 4.78 is 0. The Kier molecular flexibility index (Phi) is 4.58. The van der Waals surface area contributed by atoms with Crippen molar-refractivity contribution < 1.29 is 4.79 Å². The van der Waals surface area contributed by atoms with Crippen molar-refractivity contribution in [1.29, 1.82) is 0 Å². The van der Waals surface area contributed by atoms with Crippen molar-refractivity contribution in [3.8, 4) is 0 Å². The van der Waals surface area contributed by atoms with Crippen molar-refractivity contribution in [1.82, 2.24) is 15.0 Å². The van der Waals surface area contributed by atoms with Crippen LogP contribution in [0.25, 0.3) is 0 Å². The lowest BCUT2D eigenvalue weighted by molar-refractivity contribution is 0.102. The molecule has 2 N–H and O–H groups in total. The molecule has 0 aliphatic heterocycles. The van der Waals surface area contributed by atoms with Crippen LogP contribution in [-0.2, 0) is 6.42 Å². The molecule has 0 unspecified atom stereocenters. The first-order valence-corrected chi connectivity index (χ1v) is 8.02. The molecule has 23 heavy (non-hydrogen) atoms. The fraction of sp³-hybridized carbons (Fsp3) is 0.125. The second-order valence-corrected chi connectivity index (χ2v) is 5.57. The first kappa shape index (κ1) is 15.1. The highest BCUT2D eigenvalue weighted by molar-refractivity contribution is 7.14. The second kappa shape index (κ2) is 6.97. The predicted octanol–water partition coefficient (Wildman–Crippen LogP) is 3.49. The van der Waals surface area contributed by atoms with E-state index in [4.69, 9.17) is 0 Å². The van der Waals surface area contributed by atoms with E-state index in [1.54, 1.807) is 24.0 Å². The molecule has 3 aromatic heterocycles. The molecule has 0 atom stereocenters. The zero-order valence-corrected chi connectivity index (χ0v) is 13.3. The van der Waals surface area contributed by atoms with Gasteiger partial charge in [-0.2, -0.15) is 0 Å². The van der Waals surface area contributed by atoms with E-state index in [9.17, 15) is 4.79 Å². The smallest absolute Gasteiger partial charge is 0.278 e. The normalized spacial score (nSPS) is 10.3. The zero-order chi connectivity index (χ0) is 16.1. The number of amides is 1. The summed E-state index contributed by atoms with van der Waals surface area (Å²) in [6.45, 7) is 2.02. The number of thiazole rings is 1. The van der Waals surface area contributed by atoms with Crippen molar-refractivity contribution in [2.75, 3.05) is 10.6 Å². The minimum atomic E-state index is -0.293. The van der Waals surface area contributed by atoms with Gasteiger partial charge in [0, 0.05) is 11.9 Å². The third-order valence-electron chi connectivity index (χ3n) is 3.11. The molecule has 0 saturated heterocycles. The maximum Gasteiger partial charge on any atom is 0.278 e. The number of pyridine rings is 2. The van der Waals surface area contributed by atoms with E-state index < -0.39 is 0 Å².